The molecule has 31 heavy (non-hydrogen) atoms. The summed E-state index contributed by atoms with van der Waals surface area (Å²) in [5.41, 5.74) is 2.35. The lowest BCUT2D eigenvalue weighted by Gasteiger charge is -2.12. The van der Waals surface area contributed by atoms with Crippen LogP contribution in [-0.2, 0) is 23.6 Å². The quantitative estimate of drug-likeness (QED) is 0.401. The smallest absolute Gasteiger partial charge is 0.263 e. The molecule has 0 aliphatic rings. The van der Waals surface area contributed by atoms with Crippen molar-refractivity contribution in [2.75, 3.05) is 17.1 Å². The number of aryl methyl sites for hydroxylation is 1. The molecule has 0 bridgehead atoms. The lowest BCUT2D eigenvalue weighted by molar-refractivity contribution is 0.371. The van der Waals surface area contributed by atoms with E-state index in [-0.39, 0.29) is 10.6 Å². The molecular weight excluding hydrogens is 414 g/mol. The fraction of sp³-hybridized carbons (Fsp3) is 0.130. The number of aromatic hydroxyl groups is 1. The summed E-state index contributed by atoms with van der Waals surface area (Å²) in [5, 5.41) is 14.3. The lowest BCUT2D eigenvalue weighted by atomic mass is 10.2. The van der Waals surface area contributed by atoms with E-state index in [4.69, 9.17) is 4.74 Å². The number of nitrogens with one attached hydrogen (secondary N) is 2. The molecule has 0 aliphatic carbocycles. The highest BCUT2D eigenvalue weighted by Gasteiger charge is 2.17. The van der Waals surface area contributed by atoms with Crippen molar-refractivity contribution in [2.24, 2.45) is 7.05 Å². The van der Waals surface area contributed by atoms with Crippen LogP contribution in [0.2, 0.25) is 0 Å². The van der Waals surface area contributed by atoms with Crippen molar-refractivity contribution < 1.29 is 18.3 Å². The van der Waals surface area contributed by atoms with Gasteiger partial charge < -0.3 is 19.7 Å². The van der Waals surface area contributed by atoms with Gasteiger partial charge in [0, 0.05) is 35.7 Å². The van der Waals surface area contributed by atoms with Crippen LogP contribution in [-0.4, -0.2) is 25.2 Å². The molecule has 0 saturated carbocycles. The molecule has 0 amide bonds. The molecule has 1 aromatic heterocycles. The average molecular weight is 438 g/mol. The zero-order valence-electron chi connectivity index (χ0n) is 17.2. The number of hydrogen-bond donors (Lipinski definition) is 3. The fourth-order valence-corrected chi connectivity index (χ4v) is 4.49. The molecule has 1 heterocycles. The third-order valence-electron chi connectivity index (χ3n) is 5.14. The number of phenolic OH excluding ortho intramolecular Hbond substituents is 1. The van der Waals surface area contributed by atoms with Gasteiger partial charge in [-0.25, -0.2) is 8.42 Å². The van der Waals surface area contributed by atoms with Gasteiger partial charge >= 0.3 is 0 Å². The molecule has 7 nitrogen and oxygen atoms in total. The SMILES string of the molecule is COc1cccc(CNc2ccc(S(=O)(=O)Nc3cc4ccccc4n3C)cc2)c1O. The summed E-state index contributed by atoms with van der Waals surface area (Å²) in [6, 6.07) is 21.2. The number of fused-ring (bicyclic) bond motifs is 1. The summed E-state index contributed by atoms with van der Waals surface area (Å²) < 4.78 is 35.3. The number of nitrogens with zero attached hydrogens (tertiary/aromatic N) is 1. The third kappa shape index (κ3) is 4.15. The van der Waals surface area contributed by atoms with Crippen molar-refractivity contribution in [3.05, 3.63) is 78.4 Å². The second-order valence-corrected chi connectivity index (χ2v) is 8.78. The van der Waals surface area contributed by atoms with Crippen LogP contribution in [0.3, 0.4) is 0 Å². The van der Waals surface area contributed by atoms with Gasteiger partial charge in [0.2, 0.25) is 0 Å². The van der Waals surface area contributed by atoms with Crippen molar-refractivity contribution in [1.82, 2.24) is 4.57 Å². The first kappa shape index (κ1) is 20.6. The minimum atomic E-state index is -3.74. The van der Waals surface area contributed by atoms with Gasteiger partial charge in [-0.15, -0.1) is 0 Å². The van der Waals surface area contributed by atoms with Crippen molar-refractivity contribution in [1.29, 1.82) is 0 Å². The second-order valence-electron chi connectivity index (χ2n) is 7.10. The van der Waals surface area contributed by atoms with Crippen LogP contribution in [0.15, 0.2) is 77.7 Å². The average Bonchev–Trinajstić information content (AvgIpc) is 3.08. The van der Waals surface area contributed by atoms with E-state index in [1.807, 2.05) is 41.9 Å². The van der Waals surface area contributed by atoms with Crippen LogP contribution in [0, 0.1) is 0 Å². The standard InChI is InChI=1S/C23H23N3O4S/c1-26-20-8-4-3-6-16(20)14-22(26)25-31(28,29)19-12-10-18(11-13-19)24-15-17-7-5-9-21(30-2)23(17)27/h3-14,24-25,27H,15H2,1-2H3. The van der Waals surface area contributed by atoms with E-state index in [1.54, 1.807) is 42.5 Å². The molecular formula is C23H23N3O4S. The first-order valence-corrected chi connectivity index (χ1v) is 11.1. The van der Waals surface area contributed by atoms with Crippen LogP contribution in [0.4, 0.5) is 11.5 Å². The summed E-state index contributed by atoms with van der Waals surface area (Å²) in [6.45, 7) is 0.364. The van der Waals surface area contributed by atoms with E-state index >= 15 is 0 Å². The van der Waals surface area contributed by atoms with Gasteiger partial charge in [-0.2, -0.15) is 0 Å². The van der Waals surface area contributed by atoms with Crippen molar-refractivity contribution in [3.63, 3.8) is 0 Å². The van der Waals surface area contributed by atoms with E-state index in [0.717, 1.165) is 16.6 Å². The zero-order valence-corrected chi connectivity index (χ0v) is 18.0. The largest absolute Gasteiger partial charge is 0.504 e. The molecule has 4 rings (SSSR count). The lowest BCUT2D eigenvalue weighted by Crippen LogP contribution is -2.15. The maximum Gasteiger partial charge on any atom is 0.263 e. The van der Waals surface area contributed by atoms with Crippen LogP contribution in [0.1, 0.15) is 5.56 Å². The summed E-state index contributed by atoms with van der Waals surface area (Å²) in [6.07, 6.45) is 0. The summed E-state index contributed by atoms with van der Waals surface area (Å²) in [5.74, 6) is 0.980. The predicted octanol–water partition coefficient (Wildman–Crippen LogP) is 4.31. The molecule has 0 aliphatic heterocycles. The number of aromatic nitrogens is 1. The minimum absolute atomic E-state index is 0.0795. The minimum Gasteiger partial charge on any atom is -0.504 e. The predicted molar refractivity (Wildman–Crippen MR) is 122 cm³/mol. The van der Waals surface area contributed by atoms with Crippen molar-refractivity contribution in [3.8, 4) is 11.5 Å². The van der Waals surface area contributed by atoms with Crippen molar-refractivity contribution >= 4 is 32.4 Å². The number of sulfonamides is 1. The van der Waals surface area contributed by atoms with Gasteiger partial charge in [-0.1, -0.05) is 30.3 Å². The summed E-state index contributed by atoms with van der Waals surface area (Å²) in [7, 11) is -0.420. The number of anilines is 2. The molecule has 160 valence electrons. The summed E-state index contributed by atoms with van der Waals surface area (Å²) in [4.78, 5) is 0.160. The molecule has 0 spiro atoms. The highest BCUT2D eigenvalue weighted by atomic mass is 32.2. The Labute approximate surface area is 181 Å². The Morgan fingerprint density at radius 3 is 2.45 bits per heavy atom. The molecule has 0 fully saturated rings. The maximum atomic E-state index is 12.8. The monoisotopic (exact) mass is 437 g/mol. The highest BCUT2D eigenvalue weighted by Crippen LogP contribution is 2.30. The van der Waals surface area contributed by atoms with Crippen molar-refractivity contribution in [2.45, 2.75) is 11.4 Å². The van der Waals surface area contributed by atoms with Crippen LogP contribution in [0.5, 0.6) is 11.5 Å². The molecule has 3 aromatic carbocycles. The molecule has 0 saturated heterocycles. The summed E-state index contributed by atoms with van der Waals surface area (Å²) >= 11 is 0. The van der Waals surface area contributed by atoms with E-state index in [9.17, 15) is 13.5 Å². The van der Waals surface area contributed by atoms with E-state index < -0.39 is 10.0 Å². The molecule has 0 atom stereocenters. The van der Waals surface area contributed by atoms with E-state index in [2.05, 4.69) is 10.0 Å². The number of para-hydroxylation sites is 2. The van der Waals surface area contributed by atoms with Gasteiger partial charge in [-0.05, 0) is 42.5 Å². The molecule has 3 N–H and O–H groups in total. The normalized spacial score (nSPS) is 11.4. The Morgan fingerprint density at radius 1 is 1.00 bits per heavy atom. The first-order valence-electron chi connectivity index (χ1n) is 9.65. The Balaban J connectivity index is 1.48. The van der Waals surface area contributed by atoms with Gasteiger partial charge in [0.05, 0.1) is 12.0 Å². The zero-order chi connectivity index (χ0) is 22.0. The van der Waals surface area contributed by atoms with Gasteiger partial charge in [0.1, 0.15) is 5.82 Å². The van der Waals surface area contributed by atoms with Gasteiger partial charge in [-0.3, -0.25) is 4.72 Å². The molecule has 0 unspecified atom stereocenters. The number of ether oxygens (including phenoxy) is 1. The van der Waals surface area contributed by atoms with E-state index in [0.29, 0.717) is 23.7 Å². The highest BCUT2D eigenvalue weighted by molar-refractivity contribution is 7.92. The Morgan fingerprint density at radius 2 is 1.74 bits per heavy atom. The number of benzene rings is 3. The maximum absolute atomic E-state index is 12.8. The molecule has 8 heteroatoms. The molecule has 0 radical (unpaired) electrons. The van der Waals surface area contributed by atoms with Crippen LogP contribution >= 0.6 is 0 Å². The number of hydrogen-bond acceptors (Lipinski definition) is 5. The Bertz CT molecular complexity index is 1330. The van der Waals surface area contributed by atoms with Crippen LogP contribution in [0.25, 0.3) is 10.9 Å². The van der Waals surface area contributed by atoms with Crippen LogP contribution < -0.4 is 14.8 Å². The Kier molecular flexibility index (Phi) is 5.48. The first-order chi connectivity index (χ1) is 14.9. The topological polar surface area (TPSA) is 92.6 Å². The Hall–Kier alpha value is -3.65. The third-order valence-corrected chi connectivity index (χ3v) is 6.51. The second kappa shape index (κ2) is 8.23. The fourth-order valence-electron chi connectivity index (χ4n) is 3.41. The number of rotatable bonds is 7. The number of phenols is 1. The number of methoxy groups -OCH3 is 1. The molecule has 4 aromatic rings. The van der Waals surface area contributed by atoms with E-state index in [1.165, 1.54) is 7.11 Å². The van der Waals surface area contributed by atoms with Gasteiger partial charge in [0.15, 0.2) is 11.5 Å². The van der Waals surface area contributed by atoms with Gasteiger partial charge in [0.25, 0.3) is 10.0 Å².